The molecule has 0 bridgehead atoms. The van der Waals surface area contributed by atoms with Gasteiger partial charge in [-0.05, 0) is 30.9 Å². The SMILES string of the molecule is Cc1ccccc1C(=O)NC(CC(C)C)C(=O)N1CCOCC1. The Hall–Kier alpha value is -1.88. The molecule has 5 heteroatoms. The van der Waals surface area contributed by atoms with Gasteiger partial charge in [-0.3, -0.25) is 9.59 Å². The second kappa shape index (κ2) is 8.11. The minimum atomic E-state index is -0.486. The predicted octanol–water partition coefficient (Wildman–Crippen LogP) is 2.00. The smallest absolute Gasteiger partial charge is 0.252 e. The number of rotatable bonds is 5. The highest BCUT2D eigenvalue weighted by Crippen LogP contribution is 2.12. The average molecular weight is 318 g/mol. The normalized spacial score (nSPS) is 16.3. The van der Waals surface area contributed by atoms with E-state index in [4.69, 9.17) is 4.74 Å². The molecule has 1 atom stereocenters. The van der Waals surface area contributed by atoms with Crippen LogP contribution in [0.15, 0.2) is 24.3 Å². The lowest BCUT2D eigenvalue weighted by molar-refractivity contribution is -0.137. The summed E-state index contributed by atoms with van der Waals surface area (Å²) in [5.74, 6) is 0.126. The summed E-state index contributed by atoms with van der Waals surface area (Å²) in [4.78, 5) is 27.1. The van der Waals surface area contributed by atoms with Crippen molar-refractivity contribution >= 4 is 11.8 Å². The number of hydrogen-bond donors (Lipinski definition) is 1. The molecule has 0 aromatic heterocycles. The highest BCUT2D eigenvalue weighted by molar-refractivity contribution is 5.98. The van der Waals surface area contributed by atoms with Gasteiger partial charge in [0.1, 0.15) is 6.04 Å². The third-order valence-electron chi connectivity index (χ3n) is 4.02. The zero-order chi connectivity index (χ0) is 16.8. The highest BCUT2D eigenvalue weighted by atomic mass is 16.5. The van der Waals surface area contributed by atoms with E-state index >= 15 is 0 Å². The predicted molar refractivity (Wildman–Crippen MR) is 89.3 cm³/mol. The van der Waals surface area contributed by atoms with Gasteiger partial charge < -0.3 is 15.0 Å². The van der Waals surface area contributed by atoms with Crippen molar-refractivity contribution in [2.75, 3.05) is 26.3 Å². The maximum atomic E-state index is 12.7. The van der Waals surface area contributed by atoms with Crippen molar-refractivity contribution in [2.24, 2.45) is 5.92 Å². The molecule has 23 heavy (non-hydrogen) atoms. The van der Waals surface area contributed by atoms with Crippen LogP contribution in [0.1, 0.15) is 36.2 Å². The number of nitrogens with zero attached hydrogens (tertiary/aromatic N) is 1. The Morgan fingerprint density at radius 2 is 1.87 bits per heavy atom. The number of ether oxygens (including phenoxy) is 1. The van der Waals surface area contributed by atoms with Crippen LogP contribution in [0.3, 0.4) is 0 Å². The number of morpholine rings is 1. The number of benzene rings is 1. The minimum absolute atomic E-state index is 0.0102. The van der Waals surface area contributed by atoms with E-state index in [0.29, 0.717) is 44.2 Å². The van der Waals surface area contributed by atoms with Crippen molar-refractivity contribution < 1.29 is 14.3 Å². The molecular weight excluding hydrogens is 292 g/mol. The van der Waals surface area contributed by atoms with Gasteiger partial charge in [0.2, 0.25) is 5.91 Å². The molecule has 2 amide bonds. The Bertz CT molecular complexity index is 551. The van der Waals surface area contributed by atoms with Gasteiger partial charge in [-0.25, -0.2) is 0 Å². The van der Waals surface area contributed by atoms with E-state index in [1.807, 2.05) is 25.1 Å². The van der Waals surface area contributed by atoms with E-state index in [-0.39, 0.29) is 11.8 Å². The van der Waals surface area contributed by atoms with E-state index in [9.17, 15) is 9.59 Å². The molecule has 0 spiro atoms. The zero-order valence-corrected chi connectivity index (χ0v) is 14.2. The summed E-state index contributed by atoms with van der Waals surface area (Å²) in [6, 6.07) is 6.94. The highest BCUT2D eigenvalue weighted by Gasteiger charge is 2.28. The monoisotopic (exact) mass is 318 g/mol. The van der Waals surface area contributed by atoms with Crippen LogP contribution in [0.5, 0.6) is 0 Å². The van der Waals surface area contributed by atoms with Crippen LogP contribution in [0.25, 0.3) is 0 Å². The van der Waals surface area contributed by atoms with E-state index in [1.54, 1.807) is 11.0 Å². The molecule has 1 aromatic rings. The van der Waals surface area contributed by atoms with Crippen molar-refractivity contribution in [3.05, 3.63) is 35.4 Å². The van der Waals surface area contributed by atoms with Gasteiger partial charge in [-0.1, -0.05) is 32.0 Å². The Labute approximate surface area is 138 Å². The number of aryl methyl sites for hydroxylation is 1. The standard InChI is InChI=1S/C18H26N2O3/c1-13(2)12-16(18(22)20-8-10-23-11-9-20)19-17(21)15-7-5-4-6-14(15)3/h4-7,13,16H,8-12H2,1-3H3,(H,19,21). The Balaban J connectivity index is 2.10. The van der Waals surface area contributed by atoms with Crippen LogP contribution in [0.2, 0.25) is 0 Å². The van der Waals surface area contributed by atoms with Gasteiger partial charge in [-0.2, -0.15) is 0 Å². The molecule has 1 unspecified atom stereocenters. The fourth-order valence-corrected chi connectivity index (χ4v) is 2.76. The van der Waals surface area contributed by atoms with Crippen molar-refractivity contribution in [1.29, 1.82) is 0 Å². The Morgan fingerprint density at radius 3 is 2.48 bits per heavy atom. The molecule has 0 radical (unpaired) electrons. The number of carbonyl (C=O) groups is 2. The second-order valence-electron chi connectivity index (χ2n) is 6.41. The molecule has 5 nitrogen and oxygen atoms in total. The van der Waals surface area contributed by atoms with Crippen molar-refractivity contribution in [3.63, 3.8) is 0 Å². The molecule has 0 aliphatic carbocycles. The minimum Gasteiger partial charge on any atom is -0.378 e. The van der Waals surface area contributed by atoms with Gasteiger partial charge in [0.15, 0.2) is 0 Å². The van der Waals surface area contributed by atoms with E-state index in [1.165, 1.54) is 0 Å². The summed E-state index contributed by atoms with van der Waals surface area (Å²) in [6.45, 7) is 8.31. The number of carbonyl (C=O) groups excluding carboxylic acids is 2. The van der Waals surface area contributed by atoms with Gasteiger partial charge in [-0.15, -0.1) is 0 Å². The van der Waals surface area contributed by atoms with Crippen LogP contribution in [0.4, 0.5) is 0 Å². The first kappa shape index (κ1) is 17.5. The lowest BCUT2D eigenvalue weighted by Gasteiger charge is -2.31. The molecule has 1 fully saturated rings. The molecule has 1 heterocycles. The van der Waals surface area contributed by atoms with E-state index in [0.717, 1.165) is 5.56 Å². The first-order valence-corrected chi connectivity index (χ1v) is 8.22. The van der Waals surface area contributed by atoms with Gasteiger partial charge in [0.05, 0.1) is 13.2 Å². The molecular formula is C18H26N2O3. The Kier molecular flexibility index (Phi) is 6.16. The summed E-state index contributed by atoms with van der Waals surface area (Å²) in [5, 5.41) is 2.93. The lowest BCUT2D eigenvalue weighted by Crippen LogP contribution is -2.52. The van der Waals surface area contributed by atoms with Crippen LogP contribution in [-0.2, 0) is 9.53 Å². The largest absolute Gasteiger partial charge is 0.378 e. The van der Waals surface area contributed by atoms with Crippen LogP contribution in [-0.4, -0.2) is 49.1 Å². The van der Waals surface area contributed by atoms with Crippen LogP contribution >= 0.6 is 0 Å². The zero-order valence-electron chi connectivity index (χ0n) is 14.2. The van der Waals surface area contributed by atoms with Gasteiger partial charge in [0, 0.05) is 18.7 Å². The summed E-state index contributed by atoms with van der Waals surface area (Å²) in [5.41, 5.74) is 1.53. The van der Waals surface area contributed by atoms with Crippen molar-refractivity contribution in [1.82, 2.24) is 10.2 Å². The fourth-order valence-electron chi connectivity index (χ4n) is 2.76. The number of amides is 2. The number of hydrogen-bond acceptors (Lipinski definition) is 3. The average Bonchev–Trinajstić information content (AvgIpc) is 2.54. The van der Waals surface area contributed by atoms with Crippen LogP contribution < -0.4 is 5.32 Å². The Morgan fingerprint density at radius 1 is 1.22 bits per heavy atom. The van der Waals surface area contributed by atoms with Crippen molar-refractivity contribution in [2.45, 2.75) is 33.2 Å². The quantitative estimate of drug-likeness (QED) is 0.903. The van der Waals surface area contributed by atoms with Crippen LogP contribution in [0, 0.1) is 12.8 Å². The summed E-state index contributed by atoms with van der Waals surface area (Å²) >= 11 is 0. The molecule has 2 rings (SSSR count). The molecule has 1 N–H and O–H groups in total. The first-order chi connectivity index (χ1) is 11.0. The second-order valence-corrected chi connectivity index (χ2v) is 6.41. The van der Waals surface area contributed by atoms with Gasteiger partial charge >= 0.3 is 0 Å². The molecule has 0 saturated carbocycles. The van der Waals surface area contributed by atoms with E-state index in [2.05, 4.69) is 19.2 Å². The maximum absolute atomic E-state index is 12.7. The first-order valence-electron chi connectivity index (χ1n) is 8.22. The molecule has 1 aliphatic heterocycles. The van der Waals surface area contributed by atoms with Crippen molar-refractivity contribution in [3.8, 4) is 0 Å². The van der Waals surface area contributed by atoms with Gasteiger partial charge in [0.25, 0.3) is 5.91 Å². The topological polar surface area (TPSA) is 58.6 Å². The summed E-state index contributed by atoms with van der Waals surface area (Å²) in [7, 11) is 0. The van der Waals surface area contributed by atoms with E-state index < -0.39 is 6.04 Å². The lowest BCUT2D eigenvalue weighted by atomic mass is 10.0. The third kappa shape index (κ3) is 4.79. The molecule has 126 valence electrons. The maximum Gasteiger partial charge on any atom is 0.252 e. The molecule has 1 aromatic carbocycles. The molecule has 1 aliphatic rings. The number of nitrogens with one attached hydrogen (secondary N) is 1. The summed E-state index contributed by atoms with van der Waals surface area (Å²) < 4.78 is 5.30. The summed E-state index contributed by atoms with van der Waals surface area (Å²) in [6.07, 6.45) is 0.633. The molecule has 1 saturated heterocycles. The fraction of sp³-hybridized carbons (Fsp3) is 0.556. The third-order valence-corrected chi connectivity index (χ3v) is 4.02.